The van der Waals surface area contributed by atoms with Crippen molar-refractivity contribution in [2.24, 2.45) is 0 Å². The predicted octanol–water partition coefficient (Wildman–Crippen LogP) is 0.761. The third kappa shape index (κ3) is 4.95. The first-order valence-corrected chi connectivity index (χ1v) is 8.01. The normalized spacial score (nSPS) is 24.6. The van der Waals surface area contributed by atoms with E-state index in [-0.39, 0.29) is 6.67 Å². The summed E-state index contributed by atoms with van der Waals surface area (Å²) in [5, 5.41) is 0. The smallest absolute Gasteiger partial charge is 0.102 e. The van der Waals surface area contributed by atoms with Gasteiger partial charge in [0, 0.05) is 78.0 Å². The molecule has 2 saturated heterocycles. The van der Waals surface area contributed by atoms with Gasteiger partial charge in [-0.1, -0.05) is 0 Å². The van der Waals surface area contributed by atoms with Gasteiger partial charge in [-0.2, -0.15) is 0 Å². The number of halogens is 1. The number of nitrogens with zero attached hydrogens (tertiary/aromatic N) is 4. The second-order valence-electron chi connectivity index (χ2n) is 6.18. The van der Waals surface area contributed by atoms with Crippen molar-refractivity contribution >= 4 is 0 Å². The molecule has 1 radical (unpaired) electrons. The molecule has 0 bridgehead atoms. The first-order chi connectivity index (χ1) is 9.69. The summed E-state index contributed by atoms with van der Waals surface area (Å²) >= 11 is 0. The van der Waals surface area contributed by atoms with E-state index in [9.17, 15) is 4.39 Å². The van der Waals surface area contributed by atoms with Gasteiger partial charge in [-0.05, 0) is 13.8 Å². The second-order valence-corrected chi connectivity index (χ2v) is 6.18. The molecule has 0 spiro atoms. The summed E-state index contributed by atoms with van der Waals surface area (Å²) in [6.45, 7) is 17.2. The molecule has 0 atom stereocenters. The summed E-state index contributed by atoms with van der Waals surface area (Å²) in [6, 6.07) is 0.671. The lowest BCUT2D eigenvalue weighted by atomic mass is 10.2. The van der Waals surface area contributed by atoms with Crippen LogP contribution < -0.4 is 0 Å². The van der Waals surface area contributed by atoms with Crippen molar-refractivity contribution in [2.45, 2.75) is 19.9 Å². The molecule has 2 aliphatic heterocycles. The number of hydrogen-bond donors (Lipinski definition) is 0. The molecule has 20 heavy (non-hydrogen) atoms. The molecule has 0 N–H and O–H groups in total. The van der Waals surface area contributed by atoms with Crippen molar-refractivity contribution in [3.63, 3.8) is 0 Å². The highest BCUT2D eigenvalue weighted by molar-refractivity contribution is 4.82. The maximum atomic E-state index is 12.3. The largest absolute Gasteiger partial charge is 0.299 e. The summed E-state index contributed by atoms with van der Waals surface area (Å²) in [4.78, 5) is 9.70. The highest BCUT2D eigenvalue weighted by Gasteiger charge is 2.21. The molecule has 117 valence electrons. The van der Waals surface area contributed by atoms with E-state index in [1.54, 1.807) is 0 Å². The molecular formula is C15H30FN4. The molecule has 0 amide bonds. The number of rotatable bonds is 6. The molecule has 4 nitrogen and oxygen atoms in total. The standard InChI is InChI=1S/C15H30FN4/c1-15(2)20-13-11-19(12-14-20)10-9-18-7-5-17(4-3-16)6-8-18/h9,15H,3-8,10-14H2,1-2H3. The van der Waals surface area contributed by atoms with Crippen molar-refractivity contribution in [1.82, 2.24) is 19.6 Å². The van der Waals surface area contributed by atoms with Gasteiger partial charge in [0.1, 0.15) is 6.67 Å². The van der Waals surface area contributed by atoms with Crippen LogP contribution in [0, 0.1) is 6.54 Å². The summed E-state index contributed by atoms with van der Waals surface area (Å²) < 4.78 is 12.3. The average molecular weight is 285 g/mol. The maximum absolute atomic E-state index is 12.3. The number of hydrogen-bond acceptors (Lipinski definition) is 4. The molecule has 0 aromatic rings. The van der Waals surface area contributed by atoms with Crippen LogP contribution in [0.15, 0.2) is 0 Å². The van der Waals surface area contributed by atoms with E-state index >= 15 is 0 Å². The minimum atomic E-state index is -0.218. The van der Waals surface area contributed by atoms with E-state index in [1.165, 1.54) is 26.2 Å². The first-order valence-electron chi connectivity index (χ1n) is 8.01. The third-order valence-electron chi connectivity index (χ3n) is 4.54. The molecule has 0 aromatic heterocycles. The van der Waals surface area contributed by atoms with Gasteiger partial charge in [-0.3, -0.25) is 19.6 Å². The van der Waals surface area contributed by atoms with E-state index in [0.29, 0.717) is 12.6 Å². The summed E-state index contributed by atoms with van der Waals surface area (Å²) in [6.07, 6.45) is 0. The van der Waals surface area contributed by atoms with Crippen LogP contribution in [0.4, 0.5) is 4.39 Å². The fraction of sp³-hybridized carbons (Fsp3) is 0.933. The van der Waals surface area contributed by atoms with Gasteiger partial charge in [0.2, 0.25) is 0 Å². The molecule has 2 heterocycles. The Morgan fingerprint density at radius 1 is 0.900 bits per heavy atom. The van der Waals surface area contributed by atoms with Crippen molar-refractivity contribution in [2.75, 3.05) is 72.1 Å². The Kier molecular flexibility index (Phi) is 6.68. The molecule has 0 saturated carbocycles. The zero-order valence-corrected chi connectivity index (χ0v) is 13.1. The lowest BCUT2D eigenvalue weighted by Gasteiger charge is -2.39. The Hall–Kier alpha value is -0.230. The van der Waals surface area contributed by atoms with E-state index in [1.807, 2.05) is 0 Å². The number of alkyl halides is 1. The van der Waals surface area contributed by atoms with Crippen molar-refractivity contribution < 1.29 is 4.39 Å². The van der Waals surface area contributed by atoms with Gasteiger partial charge in [0.25, 0.3) is 0 Å². The van der Waals surface area contributed by atoms with E-state index in [0.717, 1.165) is 32.7 Å². The van der Waals surface area contributed by atoms with Gasteiger partial charge < -0.3 is 0 Å². The summed E-state index contributed by atoms with van der Waals surface area (Å²) in [5.41, 5.74) is 0. The molecule has 5 heteroatoms. The second kappa shape index (κ2) is 8.27. The van der Waals surface area contributed by atoms with Gasteiger partial charge in [-0.15, -0.1) is 0 Å². The van der Waals surface area contributed by atoms with Gasteiger partial charge in [-0.25, -0.2) is 4.39 Å². The fourth-order valence-corrected chi connectivity index (χ4v) is 2.98. The van der Waals surface area contributed by atoms with Crippen LogP contribution in [0.2, 0.25) is 0 Å². The average Bonchev–Trinajstić information content (AvgIpc) is 2.47. The Morgan fingerprint density at radius 3 is 2.05 bits per heavy atom. The molecule has 0 aromatic carbocycles. The molecule has 2 rings (SSSR count). The zero-order chi connectivity index (χ0) is 14.4. The third-order valence-corrected chi connectivity index (χ3v) is 4.54. The Labute approximate surface area is 123 Å². The highest BCUT2D eigenvalue weighted by Crippen LogP contribution is 2.08. The molecule has 2 aliphatic rings. The van der Waals surface area contributed by atoms with Crippen LogP contribution in [0.5, 0.6) is 0 Å². The van der Waals surface area contributed by atoms with Crippen LogP contribution in [0.25, 0.3) is 0 Å². The number of piperazine rings is 2. The van der Waals surface area contributed by atoms with Gasteiger partial charge >= 0.3 is 0 Å². The lowest BCUT2D eigenvalue weighted by Crippen LogP contribution is -2.51. The molecule has 2 fully saturated rings. The van der Waals surface area contributed by atoms with Crippen molar-refractivity contribution in [1.29, 1.82) is 0 Å². The quantitative estimate of drug-likeness (QED) is 0.714. The Bertz CT molecular complexity index is 259. The minimum Gasteiger partial charge on any atom is -0.299 e. The van der Waals surface area contributed by atoms with Crippen LogP contribution >= 0.6 is 0 Å². The Balaban J connectivity index is 1.58. The van der Waals surface area contributed by atoms with Crippen LogP contribution in [-0.2, 0) is 0 Å². The van der Waals surface area contributed by atoms with Crippen LogP contribution in [-0.4, -0.2) is 97.8 Å². The topological polar surface area (TPSA) is 13.0 Å². The van der Waals surface area contributed by atoms with E-state index in [2.05, 4.69) is 40.0 Å². The monoisotopic (exact) mass is 285 g/mol. The minimum absolute atomic E-state index is 0.218. The molecule has 0 unspecified atom stereocenters. The summed E-state index contributed by atoms with van der Waals surface area (Å²) in [7, 11) is 0. The van der Waals surface area contributed by atoms with Crippen LogP contribution in [0.3, 0.4) is 0 Å². The van der Waals surface area contributed by atoms with Crippen LogP contribution in [0.1, 0.15) is 13.8 Å². The maximum Gasteiger partial charge on any atom is 0.102 e. The highest BCUT2D eigenvalue weighted by atomic mass is 19.1. The summed E-state index contributed by atoms with van der Waals surface area (Å²) in [5.74, 6) is 0. The lowest BCUT2D eigenvalue weighted by molar-refractivity contribution is 0.0980. The van der Waals surface area contributed by atoms with Crippen molar-refractivity contribution in [3.05, 3.63) is 6.54 Å². The Morgan fingerprint density at radius 2 is 1.50 bits per heavy atom. The first kappa shape index (κ1) is 16.1. The fourth-order valence-electron chi connectivity index (χ4n) is 2.98. The predicted molar refractivity (Wildman–Crippen MR) is 81.4 cm³/mol. The van der Waals surface area contributed by atoms with E-state index in [4.69, 9.17) is 0 Å². The van der Waals surface area contributed by atoms with Gasteiger partial charge in [0.15, 0.2) is 0 Å². The molecular weight excluding hydrogens is 255 g/mol. The SMILES string of the molecule is CC(C)N1CCN(C[CH]N2CCN(CCF)CC2)CC1. The zero-order valence-electron chi connectivity index (χ0n) is 13.1. The molecule has 0 aliphatic carbocycles. The van der Waals surface area contributed by atoms with E-state index < -0.39 is 0 Å². The van der Waals surface area contributed by atoms with Gasteiger partial charge in [0.05, 0.1) is 0 Å². The van der Waals surface area contributed by atoms with Crippen molar-refractivity contribution in [3.8, 4) is 0 Å².